The van der Waals surface area contributed by atoms with E-state index in [9.17, 15) is 14.4 Å². The van der Waals surface area contributed by atoms with Gasteiger partial charge in [-0.1, -0.05) is 19.3 Å². The zero-order valence-electron chi connectivity index (χ0n) is 16.4. The molecule has 0 spiro atoms. The van der Waals surface area contributed by atoms with Gasteiger partial charge in [0, 0.05) is 32.1 Å². The van der Waals surface area contributed by atoms with E-state index < -0.39 is 11.7 Å². The van der Waals surface area contributed by atoms with Crippen molar-refractivity contribution in [3.05, 3.63) is 0 Å². The third kappa shape index (κ3) is 6.50. The van der Waals surface area contributed by atoms with Crippen LogP contribution in [0, 0.1) is 5.92 Å². The predicted octanol–water partition coefficient (Wildman–Crippen LogP) is 2.15. The minimum Gasteiger partial charge on any atom is -0.444 e. The molecular formula is C19H33N3O4. The summed E-state index contributed by atoms with van der Waals surface area (Å²) in [5.41, 5.74) is -0.588. The van der Waals surface area contributed by atoms with Gasteiger partial charge < -0.3 is 19.9 Å². The van der Waals surface area contributed by atoms with Gasteiger partial charge in [0.1, 0.15) is 12.1 Å². The molecule has 7 heteroatoms. The van der Waals surface area contributed by atoms with Crippen molar-refractivity contribution in [2.24, 2.45) is 5.92 Å². The molecule has 0 aromatic rings. The van der Waals surface area contributed by atoms with Gasteiger partial charge in [-0.15, -0.1) is 0 Å². The van der Waals surface area contributed by atoms with Crippen LogP contribution in [0.4, 0.5) is 4.79 Å². The monoisotopic (exact) mass is 367 g/mol. The maximum atomic E-state index is 12.7. The number of nitrogens with one attached hydrogen (secondary N) is 1. The highest BCUT2D eigenvalue weighted by Gasteiger charge is 2.28. The van der Waals surface area contributed by atoms with Crippen molar-refractivity contribution >= 4 is 17.9 Å². The van der Waals surface area contributed by atoms with E-state index in [0.29, 0.717) is 26.2 Å². The summed E-state index contributed by atoms with van der Waals surface area (Å²) in [6, 6.07) is 0. The quantitative estimate of drug-likeness (QED) is 0.829. The van der Waals surface area contributed by atoms with Gasteiger partial charge in [-0.25, -0.2) is 4.79 Å². The lowest BCUT2D eigenvalue weighted by Gasteiger charge is -2.28. The molecule has 0 unspecified atom stereocenters. The first-order valence-electron chi connectivity index (χ1n) is 9.80. The fourth-order valence-electron chi connectivity index (χ4n) is 3.57. The van der Waals surface area contributed by atoms with Gasteiger partial charge in [-0.3, -0.25) is 9.59 Å². The second-order valence-electron chi connectivity index (χ2n) is 8.25. The fraction of sp³-hybridized carbons (Fsp3) is 0.842. The molecule has 7 nitrogen and oxygen atoms in total. The Hall–Kier alpha value is -1.79. The Morgan fingerprint density at radius 2 is 1.54 bits per heavy atom. The van der Waals surface area contributed by atoms with E-state index in [1.165, 1.54) is 6.42 Å². The first-order valence-corrected chi connectivity index (χ1v) is 9.80. The number of ether oxygens (including phenoxy) is 1. The van der Waals surface area contributed by atoms with Crippen LogP contribution in [-0.2, 0) is 14.3 Å². The van der Waals surface area contributed by atoms with Crippen LogP contribution in [0.3, 0.4) is 0 Å². The van der Waals surface area contributed by atoms with Crippen molar-refractivity contribution < 1.29 is 19.1 Å². The first kappa shape index (κ1) is 20.5. The van der Waals surface area contributed by atoms with Crippen molar-refractivity contribution in [1.82, 2.24) is 15.1 Å². The van der Waals surface area contributed by atoms with Crippen molar-refractivity contribution in [1.29, 1.82) is 0 Å². The smallest absolute Gasteiger partial charge is 0.408 e. The summed E-state index contributed by atoms with van der Waals surface area (Å²) >= 11 is 0. The molecule has 2 fully saturated rings. The Labute approximate surface area is 156 Å². The van der Waals surface area contributed by atoms with Crippen LogP contribution in [0.15, 0.2) is 0 Å². The molecule has 0 aromatic carbocycles. The van der Waals surface area contributed by atoms with Crippen molar-refractivity contribution in [3.8, 4) is 0 Å². The molecule has 1 saturated carbocycles. The standard InChI is InChI=1S/C19H33N3O4/c1-19(2,3)26-18(25)20-14-16(23)21-10-7-11-22(13-12-21)17(24)15-8-5-4-6-9-15/h15H,4-14H2,1-3H3,(H,20,25). The zero-order valence-corrected chi connectivity index (χ0v) is 16.4. The minimum atomic E-state index is -0.588. The van der Waals surface area contributed by atoms with Crippen molar-refractivity contribution in [2.45, 2.75) is 64.9 Å². The van der Waals surface area contributed by atoms with Gasteiger partial charge in [-0.2, -0.15) is 0 Å². The highest BCUT2D eigenvalue weighted by Crippen LogP contribution is 2.25. The van der Waals surface area contributed by atoms with Crippen LogP contribution >= 0.6 is 0 Å². The molecule has 0 radical (unpaired) electrons. The SMILES string of the molecule is CC(C)(C)OC(=O)NCC(=O)N1CCCN(C(=O)C2CCCCC2)CC1. The van der Waals surface area contributed by atoms with Crippen molar-refractivity contribution in [2.75, 3.05) is 32.7 Å². The van der Waals surface area contributed by atoms with Crippen LogP contribution in [0.1, 0.15) is 59.3 Å². The maximum Gasteiger partial charge on any atom is 0.408 e. The van der Waals surface area contributed by atoms with Crippen LogP contribution in [0.5, 0.6) is 0 Å². The molecule has 148 valence electrons. The summed E-state index contributed by atoms with van der Waals surface area (Å²) in [6.45, 7) is 7.68. The zero-order chi connectivity index (χ0) is 19.2. The third-order valence-corrected chi connectivity index (χ3v) is 4.90. The molecular weight excluding hydrogens is 334 g/mol. The minimum absolute atomic E-state index is 0.0779. The van der Waals surface area contributed by atoms with Crippen LogP contribution in [0.2, 0.25) is 0 Å². The van der Waals surface area contributed by atoms with E-state index in [1.807, 2.05) is 4.90 Å². The number of hydrogen-bond donors (Lipinski definition) is 1. The number of nitrogens with zero attached hydrogens (tertiary/aromatic N) is 2. The Bertz CT molecular complexity index is 509. The van der Waals surface area contributed by atoms with Gasteiger partial charge in [0.05, 0.1) is 0 Å². The van der Waals surface area contributed by atoms with Gasteiger partial charge in [0.25, 0.3) is 0 Å². The summed E-state index contributed by atoms with van der Waals surface area (Å²) in [5.74, 6) is 0.286. The Morgan fingerprint density at radius 1 is 0.923 bits per heavy atom. The van der Waals surface area contributed by atoms with E-state index in [-0.39, 0.29) is 24.3 Å². The normalized spacial score (nSPS) is 19.7. The molecule has 26 heavy (non-hydrogen) atoms. The lowest BCUT2D eigenvalue weighted by molar-refractivity contribution is -0.137. The maximum absolute atomic E-state index is 12.7. The summed E-state index contributed by atoms with van der Waals surface area (Å²) in [6.07, 6.45) is 5.70. The molecule has 0 atom stereocenters. The lowest BCUT2D eigenvalue weighted by atomic mass is 9.88. The highest BCUT2D eigenvalue weighted by atomic mass is 16.6. The van der Waals surface area contributed by atoms with E-state index in [4.69, 9.17) is 4.74 Å². The van der Waals surface area contributed by atoms with Gasteiger partial charge in [0.2, 0.25) is 11.8 Å². The predicted molar refractivity (Wildman–Crippen MR) is 98.6 cm³/mol. The second kappa shape index (κ2) is 9.24. The fourth-order valence-corrected chi connectivity index (χ4v) is 3.57. The summed E-state index contributed by atoms with van der Waals surface area (Å²) < 4.78 is 5.14. The first-order chi connectivity index (χ1) is 12.3. The Morgan fingerprint density at radius 3 is 2.19 bits per heavy atom. The van der Waals surface area contributed by atoms with Crippen LogP contribution < -0.4 is 5.32 Å². The van der Waals surface area contributed by atoms with Gasteiger partial charge in [0.15, 0.2) is 0 Å². The average molecular weight is 367 g/mol. The molecule has 3 amide bonds. The molecule has 2 rings (SSSR count). The lowest BCUT2D eigenvalue weighted by Crippen LogP contribution is -2.44. The van der Waals surface area contributed by atoms with Crippen LogP contribution in [0.25, 0.3) is 0 Å². The van der Waals surface area contributed by atoms with E-state index in [0.717, 1.165) is 32.1 Å². The van der Waals surface area contributed by atoms with Crippen molar-refractivity contribution in [3.63, 3.8) is 0 Å². The topological polar surface area (TPSA) is 79.0 Å². The van der Waals surface area contributed by atoms with Gasteiger partial charge >= 0.3 is 6.09 Å². The molecule has 1 heterocycles. The number of carbonyl (C=O) groups excluding carboxylic acids is 3. The second-order valence-corrected chi connectivity index (χ2v) is 8.25. The number of alkyl carbamates (subject to hydrolysis) is 1. The van der Waals surface area contributed by atoms with Crippen LogP contribution in [-0.4, -0.2) is 66.0 Å². The number of carbonyl (C=O) groups is 3. The molecule has 0 aromatic heterocycles. The van der Waals surface area contributed by atoms with E-state index in [2.05, 4.69) is 5.32 Å². The Kier molecular flexibility index (Phi) is 7.29. The van der Waals surface area contributed by atoms with E-state index >= 15 is 0 Å². The summed E-state index contributed by atoms with van der Waals surface area (Å²) in [4.78, 5) is 40.4. The molecule has 1 aliphatic heterocycles. The van der Waals surface area contributed by atoms with Gasteiger partial charge in [-0.05, 0) is 40.0 Å². The molecule has 2 aliphatic rings. The largest absolute Gasteiger partial charge is 0.444 e. The molecule has 1 saturated heterocycles. The number of hydrogen-bond acceptors (Lipinski definition) is 4. The average Bonchev–Trinajstić information content (AvgIpc) is 2.84. The summed E-state index contributed by atoms with van der Waals surface area (Å²) in [5, 5.41) is 2.51. The van der Waals surface area contributed by atoms with E-state index in [1.54, 1.807) is 25.7 Å². The third-order valence-electron chi connectivity index (χ3n) is 4.90. The number of amides is 3. The summed E-state index contributed by atoms with van der Waals surface area (Å²) in [7, 11) is 0. The highest BCUT2D eigenvalue weighted by molar-refractivity contribution is 5.82. The number of rotatable bonds is 3. The molecule has 0 bridgehead atoms. The molecule has 1 aliphatic carbocycles. The molecule has 1 N–H and O–H groups in total. The Balaban J connectivity index is 1.77.